The highest BCUT2D eigenvalue weighted by Gasteiger charge is 2.38. The molecule has 2 nitrogen and oxygen atoms in total. The highest BCUT2D eigenvalue weighted by Crippen LogP contribution is 2.37. The first-order valence-corrected chi connectivity index (χ1v) is 4.04. The lowest BCUT2D eigenvalue weighted by molar-refractivity contribution is -0.130. The molecule has 2 aliphatic rings. The van der Waals surface area contributed by atoms with Crippen LogP contribution < -0.4 is 0 Å². The molecule has 1 amide bonds. The average Bonchev–Trinajstić information content (AvgIpc) is 2.44. The van der Waals surface area contributed by atoms with Crippen LogP contribution in [0, 0.1) is 5.92 Å². The molecule has 1 saturated carbocycles. The zero-order valence-corrected chi connectivity index (χ0v) is 6.34. The number of nitrogens with zero attached hydrogens (tertiary/aromatic N) is 1. The predicted molar refractivity (Wildman–Crippen MR) is 38.5 cm³/mol. The van der Waals surface area contributed by atoms with Gasteiger partial charge in [0.15, 0.2) is 0 Å². The number of piperidine rings is 1. The van der Waals surface area contributed by atoms with E-state index in [4.69, 9.17) is 0 Å². The van der Waals surface area contributed by atoms with Gasteiger partial charge in [-0.25, -0.2) is 0 Å². The second-order valence-corrected chi connectivity index (χ2v) is 3.50. The third kappa shape index (κ3) is 0.746. The molecule has 10 heavy (non-hydrogen) atoms. The Bertz CT molecular complexity index is 167. The van der Waals surface area contributed by atoms with Crippen molar-refractivity contribution in [2.24, 2.45) is 5.92 Å². The first-order valence-electron chi connectivity index (χ1n) is 4.04. The monoisotopic (exact) mass is 139 g/mol. The lowest BCUT2D eigenvalue weighted by Gasteiger charge is -2.25. The number of carbonyl (C=O) groups is 1. The molecule has 1 heterocycles. The SMILES string of the molecule is CC(=O)N1C[C@@H]2CC[C@H]1C2. The summed E-state index contributed by atoms with van der Waals surface area (Å²) in [6, 6.07) is 0.613. The molecule has 2 bridgehead atoms. The normalized spacial score (nSPS) is 37.1. The van der Waals surface area contributed by atoms with E-state index in [9.17, 15) is 4.79 Å². The van der Waals surface area contributed by atoms with Crippen molar-refractivity contribution in [1.29, 1.82) is 0 Å². The number of fused-ring (bicyclic) bond motifs is 2. The fourth-order valence-corrected chi connectivity index (χ4v) is 2.31. The number of hydrogen-bond donors (Lipinski definition) is 0. The fourth-order valence-electron chi connectivity index (χ4n) is 2.31. The van der Waals surface area contributed by atoms with Gasteiger partial charge in [-0.1, -0.05) is 0 Å². The Morgan fingerprint density at radius 1 is 1.50 bits per heavy atom. The first-order chi connectivity index (χ1) is 4.77. The Morgan fingerprint density at radius 3 is 2.60 bits per heavy atom. The molecule has 0 unspecified atom stereocenters. The standard InChI is InChI=1S/C8H13NO/c1-6(10)9-5-7-2-3-8(9)4-7/h7-8H,2-5H2,1H3/t7-,8+/m1/s1. The van der Waals surface area contributed by atoms with Crippen molar-refractivity contribution >= 4 is 5.91 Å². The van der Waals surface area contributed by atoms with Crippen molar-refractivity contribution in [3.63, 3.8) is 0 Å². The summed E-state index contributed by atoms with van der Waals surface area (Å²) in [5, 5.41) is 0. The molecule has 2 rings (SSSR count). The van der Waals surface area contributed by atoms with Gasteiger partial charge in [-0.15, -0.1) is 0 Å². The summed E-state index contributed by atoms with van der Waals surface area (Å²) in [5.74, 6) is 1.11. The molecule has 0 spiro atoms. The van der Waals surface area contributed by atoms with Gasteiger partial charge < -0.3 is 4.90 Å². The number of carbonyl (C=O) groups excluding carboxylic acids is 1. The van der Waals surface area contributed by atoms with Gasteiger partial charge >= 0.3 is 0 Å². The van der Waals surface area contributed by atoms with Crippen LogP contribution in [0.4, 0.5) is 0 Å². The van der Waals surface area contributed by atoms with Crippen molar-refractivity contribution in [2.75, 3.05) is 6.54 Å². The molecule has 56 valence electrons. The van der Waals surface area contributed by atoms with Gasteiger partial charge in [0.2, 0.25) is 5.91 Å². The maximum atomic E-state index is 11.0. The van der Waals surface area contributed by atoms with Crippen molar-refractivity contribution in [1.82, 2.24) is 4.90 Å². The zero-order chi connectivity index (χ0) is 7.14. The van der Waals surface area contributed by atoms with E-state index in [0.717, 1.165) is 12.5 Å². The van der Waals surface area contributed by atoms with Crippen LogP contribution in [0.2, 0.25) is 0 Å². The molecule has 0 N–H and O–H groups in total. The number of likely N-dealkylation sites (tertiary alicyclic amines) is 1. The minimum Gasteiger partial charge on any atom is -0.340 e. The molecule has 1 aliphatic carbocycles. The topological polar surface area (TPSA) is 20.3 Å². The van der Waals surface area contributed by atoms with E-state index in [1.54, 1.807) is 6.92 Å². The van der Waals surface area contributed by atoms with Gasteiger partial charge in [0.1, 0.15) is 0 Å². The minimum atomic E-state index is 0.271. The number of hydrogen-bond acceptors (Lipinski definition) is 1. The number of rotatable bonds is 0. The van der Waals surface area contributed by atoms with Crippen LogP contribution in [-0.2, 0) is 4.79 Å². The maximum absolute atomic E-state index is 11.0. The third-order valence-corrected chi connectivity index (χ3v) is 2.81. The van der Waals surface area contributed by atoms with Gasteiger partial charge in [-0.05, 0) is 25.2 Å². The summed E-state index contributed by atoms with van der Waals surface area (Å²) in [7, 11) is 0. The van der Waals surface area contributed by atoms with Crippen LogP contribution in [0.5, 0.6) is 0 Å². The lowest BCUT2D eigenvalue weighted by Crippen LogP contribution is -2.35. The summed E-state index contributed by atoms with van der Waals surface area (Å²) in [6.07, 6.45) is 3.89. The van der Waals surface area contributed by atoms with Crippen LogP contribution in [0.1, 0.15) is 26.2 Å². The Morgan fingerprint density at radius 2 is 2.30 bits per heavy atom. The van der Waals surface area contributed by atoms with Crippen LogP contribution >= 0.6 is 0 Å². The van der Waals surface area contributed by atoms with Gasteiger partial charge in [-0.3, -0.25) is 4.79 Å². The molecule has 2 heteroatoms. The van der Waals surface area contributed by atoms with Gasteiger partial charge in [-0.2, -0.15) is 0 Å². The molecule has 2 fully saturated rings. The van der Waals surface area contributed by atoms with Crippen molar-refractivity contribution in [2.45, 2.75) is 32.2 Å². The highest BCUT2D eigenvalue weighted by molar-refractivity contribution is 5.74. The summed E-state index contributed by atoms with van der Waals surface area (Å²) < 4.78 is 0. The molecule has 0 aromatic rings. The van der Waals surface area contributed by atoms with Crippen molar-refractivity contribution < 1.29 is 4.79 Å². The Kier molecular flexibility index (Phi) is 1.22. The Balaban J connectivity index is 2.08. The van der Waals surface area contributed by atoms with Crippen molar-refractivity contribution in [3.05, 3.63) is 0 Å². The van der Waals surface area contributed by atoms with E-state index < -0.39 is 0 Å². The van der Waals surface area contributed by atoms with Gasteiger partial charge in [0, 0.05) is 19.5 Å². The Labute approximate surface area is 61.2 Å². The number of amides is 1. The van der Waals surface area contributed by atoms with E-state index >= 15 is 0 Å². The molecule has 0 radical (unpaired) electrons. The molecule has 1 aliphatic heterocycles. The fraction of sp³-hybridized carbons (Fsp3) is 0.875. The van der Waals surface area contributed by atoms with Crippen LogP contribution in [-0.4, -0.2) is 23.4 Å². The molecular weight excluding hydrogens is 126 g/mol. The lowest BCUT2D eigenvalue weighted by atomic mass is 10.1. The quantitative estimate of drug-likeness (QED) is 0.490. The summed E-state index contributed by atoms with van der Waals surface area (Å²) in [6.45, 7) is 2.72. The third-order valence-electron chi connectivity index (χ3n) is 2.81. The molecule has 0 aromatic carbocycles. The van der Waals surface area contributed by atoms with E-state index in [1.807, 2.05) is 4.90 Å². The van der Waals surface area contributed by atoms with Crippen LogP contribution in [0.3, 0.4) is 0 Å². The minimum absolute atomic E-state index is 0.271. The molecule has 1 saturated heterocycles. The Hall–Kier alpha value is -0.530. The van der Waals surface area contributed by atoms with E-state index in [2.05, 4.69) is 0 Å². The molecule has 0 aromatic heterocycles. The average molecular weight is 139 g/mol. The van der Waals surface area contributed by atoms with Crippen molar-refractivity contribution in [3.8, 4) is 0 Å². The smallest absolute Gasteiger partial charge is 0.219 e. The summed E-state index contributed by atoms with van der Waals surface area (Å²) >= 11 is 0. The van der Waals surface area contributed by atoms with Gasteiger partial charge in [0.25, 0.3) is 0 Å². The second-order valence-electron chi connectivity index (χ2n) is 3.50. The van der Waals surface area contributed by atoms with E-state index in [1.165, 1.54) is 19.3 Å². The van der Waals surface area contributed by atoms with Crippen LogP contribution in [0.15, 0.2) is 0 Å². The predicted octanol–water partition coefficient (Wildman–Crippen LogP) is 1.02. The second kappa shape index (κ2) is 1.97. The maximum Gasteiger partial charge on any atom is 0.219 e. The first kappa shape index (κ1) is 6.20. The molecular formula is C8H13NO. The molecule has 2 atom stereocenters. The largest absolute Gasteiger partial charge is 0.340 e. The summed E-state index contributed by atoms with van der Waals surface area (Å²) in [5.41, 5.74) is 0. The van der Waals surface area contributed by atoms with Gasteiger partial charge in [0.05, 0.1) is 0 Å². The van der Waals surface area contributed by atoms with E-state index in [-0.39, 0.29) is 5.91 Å². The highest BCUT2D eigenvalue weighted by atomic mass is 16.2. The zero-order valence-electron chi connectivity index (χ0n) is 6.34. The summed E-state index contributed by atoms with van der Waals surface area (Å²) in [4.78, 5) is 13.0. The van der Waals surface area contributed by atoms with E-state index in [0.29, 0.717) is 6.04 Å². The van der Waals surface area contributed by atoms with Crippen LogP contribution in [0.25, 0.3) is 0 Å².